The number of anilines is 2. The maximum Gasteiger partial charge on any atom is 0.416 e. The molecule has 38 heavy (non-hydrogen) atoms. The molecule has 0 aliphatic carbocycles. The Hall–Kier alpha value is -4.15. The van der Waals surface area contributed by atoms with Crippen LogP contribution in [0.15, 0.2) is 67.0 Å². The molecule has 1 aromatic heterocycles. The monoisotopic (exact) mass is 525 g/mol. The van der Waals surface area contributed by atoms with Crippen molar-refractivity contribution in [3.8, 4) is 5.75 Å². The number of carbonyl (C=O) groups is 2. The van der Waals surface area contributed by atoms with Crippen molar-refractivity contribution in [2.24, 2.45) is 5.92 Å². The number of likely N-dealkylation sites (tertiary alicyclic amines) is 1. The van der Waals surface area contributed by atoms with Gasteiger partial charge < -0.3 is 19.9 Å². The third kappa shape index (κ3) is 5.87. The molecule has 1 N–H and O–H groups in total. The van der Waals surface area contributed by atoms with E-state index >= 15 is 0 Å². The molecule has 0 bridgehead atoms. The lowest BCUT2D eigenvalue weighted by Crippen LogP contribution is -2.52. The standard InChI is InChI=1S/C27H26F3N5O3/c28-27(29,30)20-3-1-2-18(14-20)26(37)34-12-9-24(10-13-34)38-23-6-4-21(5-7-23)33-25(36)19-16-35(17-19)22-8-11-31-32-15-22/h1-8,11,14-15,19,24H,9-10,12-13,16-17H2,(H,33,36). The molecule has 0 saturated carbocycles. The van der Waals surface area contributed by atoms with E-state index in [1.165, 1.54) is 12.1 Å². The van der Waals surface area contributed by atoms with Gasteiger partial charge in [-0.15, -0.1) is 0 Å². The number of nitrogens with zero attached hydrogens (tertiary/aromatic N) is 4. The molecule has 2 saturated heterocycles. The lowest BCUT2D eigenvalue weighted by atomic mass is 9.98. The highest BCUT2D eigenvalue weighted by atomic mass is 19.4. The number of piperidine rings is 1. The van der Waals surface area contributed by atoms with Crippen LogP contribution >= 0.6 is 0 Å². The molecule has 2 aromatic carbocycles. The van der Waals surface area contributed by atoms with Crippen LogP contribution in [0, 0.1) is 5.92 Å². The fourth-order valence-corrected chi connectivity index (χ4v) is 4.57. The Morgan fingerprint density at radius 1 is 0.974 bits per heavy atom. The summed E-state index contributed by atoms with van der Waals surface area (Å²) in [6.45, 7) is 2.02. The van der Waals surface area contributed by atoms with E-state index in [2.05, 4.69) is 20.4 Å². The Bertz CT molecular complexity index is 1270. The molecule has 0 spiro atoms. The van der Waals surface area contributed by atoms with Gasteiger partial charge in [-0.2, -0.15) is 23.4 Å². The van der Waals surface area contributed by atoms with E-state index in [9.17, 15) is 22.8 Å². The van der Waals surface area contributed by atoms with Crippen LogP contribution in [0.25, 0.3) is 0 Å². The van der Waals surface area contributed by atoms with Crippen molar-refractivity contribution in [3.63, 3.8) is 0 Å². The molecule has 2 aliphatic heterocycles. The molecule has 11 heteroatoms. The van der Waals surface area contributed by atoms with Crippen molar-refractivity contribution < 1.29 is 27.5 Å². The minimum Gasteiger partial charge on any atom is -0.490 e. The number of hydrogen-bond donors (Lipinski definition) is 1. The number of carbonyl (C=O) groups excluding carboxylic acids is 2. The maximum absolute atomic E-state index is 13.0. The predicted octanol–water partition coefficient (Wildman–Crippen LogP) is 4.25. The number of aromatic nitrogens is 2. The average molecular weight is 526 g/mol. The summed E-state index contributed by atoms with van der Waals surface area (Å²) >= 11 is 0. The number of rotatable bonds is 6. The summed E-state index contributed by atoms with van der Waals surface area (Å²) in [6.07, 6.45) is -0.194. The minimum absolute atomic E-state index is 0.0285. The Balaban J connectivity index is 1.07. The largest absolute Gasteiger partial charge is 0.490 e. The second-order valence-corrected chi connectivity index (χ2v) is 9.40. The van der Waals surface area contributed by atoms with Gasteiger partial charge in [0.2, 0.25) is 5.91 Å². The zero-order chi connectivity index (χ0) is 26.7. The van der Waals surface area contributed by atoms with Crippen LogP contribution in [0.5, 0.6) is 5.75 Å². The first-order valence-electron chi connectivity index (χ1n) is 12.3. The van der Waals surface area contributed by atoms with E-state index in [0.717, 1.165) is 17.8 Å². The van der Waals surface area contributed by atoms with E-state index in [4.69, 9.17) is 4.74 Å². The maximum atomic E-state index is 13.0. The quantitative estimate of drug-likeness (QED) is 0.518. The number of hydrogen-bond acceptors (Lipinski definition) is 6. The van der Waals surface area contributed by atoms with Crippen molar-refractivity contribution >= 4 is 23.2 Å². The predicted molar refractivity (Wildman–Crippen MR) is 134 cm³/mol. The molecule has 2 amide bonds. The Labute approximate surface area is 217 Å². The molecule has 198 valence electrons. The lowest BCUT2D eigenvalue weighted by Gasteiger charge is -2.39. The zero-order valence-electron chi connectivity index (χ0n) is 20.4. The summed E-state index contributed by atoms with van der Waals surface area (Å²) in [6, 6.07) is 13.5. The number of amides is 2. The molecule has 8 nitrogen and oxygen atoms in total. The van der Waals surface area contributed by atoms with Gasteiger partial charge in [-0.1, -0.05) is 6.07 Å². The van der Waals surface area contributed by atoms with E-state index in [-0.39, 0.29) is 23.5 Å². The SMILES string of the molecule is O=C(Nc1ccc(OC2CCN(C(=O)c3cccc(C(F)(F)F)c3)CC2)cc1)C1CN(c2ccnnc2)C1. The van der Waals surface area contributed by atoms with Crippen LogP contribution in [-0.2, 0) is 11.0 Å². The van der Waals surface area contributed by atoms with E-state index in [1.807, 2.05) is 6.07 Å². The van der Waals surface area contributed by atoms with Crippen molar-refractivity contribution in [2.75, 3.05) is 36.4 Å². The molecule has 3 aromatic rings. The second-order valence-electron chi connectivity index (χ2n) is 9.40. The van der Waals surface area contributed by atoms with Crippen LogP contribution in [0.1, 0.15) is 28.8 Å². The first-order chi connectivity index (χ1) is 18.3. The van der Waals surface area contributed by atoms with Crippen LogP contribution in [0.3, 0.4) is 0 Å². The van der Waals surface area contributed by atoms with Gasteiger partial charge in [-0.25, -0.2) is 0 Å². The van der Waals surface area contributed by atoms with Crippen LogP contribution in [-0.4, -0.2) is 59.2 Å². The van der Waals surface area contributed by atoms with Gasteiger partial charge >= 0.3 is 6.18 Å². The molecule has 0 atom stereocenters. The molecule has 2 fully saturated rings. The summed E-state index contributed by atoms with van der Waals surface area (Å²) in [4.78, 5) is 28.9. The van der Waals surface area contributed by atoms with Gasteiger partial charge in [0, 0.05) is 50.3 Å². The first-order valence-corrected chi connectivity index (χ1v) is 12.3. The molecule has 0 unspecified atom stereocenters. The minimum atomic E-state index is -4.49. The van der Waals surface area contributed by atoms with Gasteiger partial charge in [-0.05, 0) is 48.5 Å². The van der Waals surface area contributed by atoms with Gasteiger partial charge in [0.15, 0.2) is 0 Å². The van der Waals surface area contributed by atoms with E-state index < -0.39 is 17.6 Å². The topological polar surface area (TPSA) is 87.7 Å². The van der Waals surface area contributed by atoms with Crippen molar-refractivity contribution in [1.29, 1.82) is 0 Å². The molecular weight excluding hydrogens is 499 g/mol. The highest BCUT2D eigenvalue weighted by Crippen LogP contribution is 2.30. The molecular formula is C27H26F3N5O3. The molecule has 0 radical (unpaired) electrons. The Morgan fingerprint density at radius 3 is 2.37 bits per heavy atom. The summed E-state index contributed by atoms with van der Waals surface area (Å²) in [5.41, 5.74) is 0.809. The third-order valence-corrected chi connectivity index (χ3v) is 6.78. The van der Waals surface area contributed by atoms with Crippen LogP contribution in [0.4, 0.5) is 24.5 Å². The Morgan fingerprint density at radius 2 is 1.71 bits per heavy atom. The van der Waals surface area contributed by atoms with E-state index in [0.29, 0.717) is 50.5 Å². The fraction of sp³-hybridized carbons (Fsp3) is 0.333. The summed E-state index contributed by atoms with van der Waals surface area (Å²) < 4.78 is 45.0. The van der Waals surface area contributed by atoms with Crippen LogP contribution < -0.4 is 15.0 Å². The van der Waals surface area contributed by atoms with Gasteiger partial charge in [-0.3, -0.25) is 9.59 Å². The molecule has 3 heterocycles. The normalized spacial score (nSPS) is 16.6. The Kier molecular flexibility index (Phi) is 7.17. The third-order valence-electron chi connectivity index (χ3n) is 6.78. The van der Waals surface area contributed by atoms with E-state index in [1.54, 1.807) is 41.6 Å². The second kappa shape index (κ2) is 10.7. The summed E-state index contributed by atoms with van der Waals surface area (Å²) in [5.74, 6) is 0.0741. The highest BCUT2D eigenvalue weighted by molar-refractivity contribution is 5.95. The molecule has 2 aliphatic rings. The first kappa shape index (κ1) is 25.5. The lowest BCUT2D eigenvalue weighted by molar-refractivity contribution is -0.137. The average Bonchev–Trinajstić information content (AvgIpc) is 2.89. The summed E-state index contributed by atoms with van der Waals surface area (Å²) in [7, 11) is 0. The fourth-order valence-electron chi connectivity index (χ4n) is 4.57. The number of nitrogens with one attached hydrogen (secondary N) is 1. The van der Waals surface area contributed by atoms with Gasteiger partial charge in [0.25, 0.3) is 5.91 Å². The zero-order valence-corrected chi connectivity index (χ0v) is 20.4. The smallest absolute Gasteiger partial charge is 0.416 e. The number of ether oxygens (including phenoxy) is 1. The number of alkyl halides is 3. The van der Waals surface area contributed by atoms with Crippen LogP contribution in [0.2, 0.25) is 0 Å². The summed E-state index contributed by atoms with van der Waals surface area (Å²) in [5, 5.41) is 10.5. The van der Waals surface area contributed by atoms with Crippen molar-refractivity contribution in [1.82, 2.24) is 15.1 Å². The van der Waals surface area contributed by atoms with Gasteiger partial charge in [0.1, 0.15) is 11.9 Å². The highest BCUT2D eigenvalue weighted by Gasteiger charge is 2.33. The number of halogens is 3. The number of benzene rings is 2. The van der Waals surface area contributed by atoms with Gasteiger partial charge in [0.05, 0.1) is 29.6 Å². The molecule has 5 rings (SSSR count). The van der Waals surface area contributed by atoms with Crippen molar-refractivity contribution in [3.05, 3.63) is 78.1 Å². The van der Waals surface area contributed by atoms with Crippen molar-refractivity contribution in [2.45, 2.75) is 25.1 Å².